The van der Waals surface area contributed by atoms with Crippen molar-refractivity contribution in [1.29, 1.82) is 0 Å². The van der Waals surface area contributed by atoms with Crippen LogP contribution in [-0.2, 0) is 4.79 Å². The smallest absolute Gasteiger partial charge is 0.170 e. The van der Waals surface area contributed by atoms with Crippen LogP contribution in [0.4, 0.5) is 0 Å². The molecule has 66 valence electrons. The van der Waals surface area contributed by atoms with Crippen molar-refractivity contribution in [3.05, 3.63) is 12.3 Å². The molecular weight excluding hydrogens is 152 g/mol. The number of rotatable bonds is 2. The lowest BCUT2D eigenvalue weighted by molar-refractivity contribution is -0.121. The molecule has 0 radical (unpaired) electrons. The summed E-state index contributed by atoms with van der Waals surface area (Å²) in [5.41, 5.74) is 5.18. The van der Waals surface area contributed by atoms with Crippen LogP contribution in [0.3, 0.4) is 0 Å². The first-order valence-electron chi connectivity index (χ1n) is 4.22. The van der Waals surface area contributed by atoms with E-state index < -0.39 is 5.41 Å². The van der Waals surface area contributed by atoms with Gasteiger partial charge in [0.05, 0.1) is 5.41 Å². The number of nitrogens with two attached hydrogens (primary N) is 1. The van der Waals surface area contributed by atoms with Gasteiger partial charge in [-0.2, -0.15) is 0 Å². The van der Waals surface area contributed by atoms with E-state index in [2.05, 4.69) is 4.99 Å². The number of hydrogen-bond acceptors (Lipinski definition) is 3. The molecule has 0 atom stereocenters. The number of carbonyl (C=O) groups excluding carboxylic acids is 1. The van der Waals surface area contributed by atoms with Gasteiger partial charge in [0.25, 0.3) is 0 Å². The fourth-order valence-electron chi connectivity index (χ4n) is 1.56. The maximum atomic E-state index is 11.5. The summed E-state index contributed by atoms with van der Waals surface area (Å²) in [5, 5.41) is 0. The zero-order valence-electron chi connectivity index (χ0n) is 7.50. The SMILES string of the molecule is CCC1(CC)C(=O)C=CN=C1N. The van der Waals surface area contributed by atoms with Crippen LogP contribution in [0.5, 0.6) is 0 Å². The molecule has 3 heteroatoms. The molecular formula is C9H14N2O. The van der Waals surface area contributed by atoms with Crippen LogP contribution in [0.1, 0.15) is 26.7 Å². The standard InChI is InChI=1S/C9H14N2O/c1-3-9(4-2)7(12)5-6-11-8(9)10/h5-6H,3-4H2,1-2H3,(H2,10,11). The van der Waals surface area contributed by atoms with Gasteiger partial charge < -0.3 is 5.73 Å². The average molecular weight is 166 g/mol. The Morgan fingerprint density at radius 1 is 1.50 bits per heavy atom. The molecule has 1 aliphatic heterocycles. The molecule has 0 unspecified atom stereocenters. The van der Waals surface area contributed by atoms with Gasteiger partial charge in [-0.15, -0.1) is 0 Å². The number of nitrogens with zero attached hydrogens (tertiary/aromatic N) is 1. The largest absolute Gasteiger partial charge is 0.386 e. The summed E-state index contributed by atoms with van der Waals surface area (Å²) in [6.07, 6.45) is 4.43. The van der Waals surface area contributed by atoms with E-state index >= 15 is 0 Å². The van der Waals surface area contributed by atoms with E-state index in [-0.39, 0.29) is 5.78 Å². The molecule has 2 N–H and O–H groups in total. The second-order valence-electron chi connectivity index (χ2n) is 2.98. The van der Waals surface area contributed by atoms with Crippen molar-refractivity contribution in [3.8, 4) is 0 Å². The maximum Gasteiger partial charge on any atom is 0.170 e. The van der Waals surface area contributed by atoms with Gasteiger partial charge in [0.1, 0.15) is 5.84 Å². The molecule has 1 rings (SSSR count). The van der Waals surface area contributed by atoms with Crippen LogP contribution in [0, 0.1) is 5.41 Å². The molecule has 0 amide bonds. The molecule has 0 fully saturated rings. The van der Waals surface area contributed by atoms with E-state index in [1.54, 1.807) is 0 Å². The molecule has 0 saturated carbocycles. The molecule has 0 aliphatic carbocycles. The van der Waals surface area contributed by atoms with Gasteiger partial charge in [0, 0.05) is 12.3 Å². The molecule has 3 nitrogen and oxygen atoms in total. The Balaban J connectivity index is 3.08. The predicted molar refractivity (Wildman–Crippen MR) is 48.8 cm³/mol. The third kappa shape index (κ3) is 1.05. The van der Waals surface area contributed by atoms with E-state index in [1.165, 1.54) is 12.3 Å². The Bertz CT molecular complexity index is 249. The number of carbonyl (C=O) groups is 1. The highest BCUT2D eigenvalue weighted by molar-refractivity contribution is 6.14. The second-order valence-corrected chi connectivity index (χ2v) is 2.98. The normalized spacial score (nSPS) is 20.8. The predicted octanol–water partition coefficient (Wildman–Crippen LogP) is 1.25. The number of aliphatic imine (C=N–C) groups is 1. The number of allylic oxidation sites excluding steroid dienone is 1. The van der Waals surface area contributed by atoms with Crippen molar-refractivity contribution >= 4 is 11.6 Å². The van der Waals surface area contributed by atoms with Crippen molar-refractivity contribution in [2.24, 2.45) is 16.1 Å². The summed E-state index contributed by atoms with van der Waals surface area (Å²) in [6.45, 7) is 3.92. The average Bonchev–Trinajstić information content (AvgIpc) is 2.06. The Labute approximate surface area is 72.4 Å². The fraction of sp³-hybridized carbons (Fsp3) is 0.556. The second kappa shape index (κ2) is 3.09. The Kier molecular flexibility index (Phi) is 2.31. The first-order valence-corrected chi connectivity index (χ1v) is 4.22. The van der Waals surface area contributed by atoms with Crippen LogP contribution < -0.4 is 5.73 Å². The molecule has 0 aromatic rings. The van der Waals surface area contributed by atoms with E-state index in [0.717, 1.165) is 12.8 Å². The zero-order chi connectivity index (χ0) is 9.19. The highest BCUT2D eigenvalue weighted by Gasteiger charge is 2.38. The summed E-state index contributed by atoms with van der Waals surface area (Å²) < 4.78 is 0. The van der Waals surface area contributed by atoms with Crippen LogP contribution in [0.15, 0.2) is 17.3 Å². The van der Waals surface area contributed by atoms with Crippen molar-refractivity contribution in [1.82, 2.24) is 0 Å². The lowest BCUT2D eigenvalue weighted by Crippen LogP contribution is -2.43. The fourth-order valence-corrected chi connectivity index (χ4v) is 1.56. The summed E-state index contributed by atoms with van der Waals surface area (Å²) in [6, 6.07) is 0. The molecule has 0 bridgehead atoms. The Morgan fingerprint density at radius 3 is 2.42 bits per heavy atom. The van der Waals surface area contributed by atoms with Crippen molar-refractivity contribution in [2.75, 3.05) is 0 Å². The minimum Gasteiger partial charge on any atom is -0.386 e. The molecule has 0 saturated heterocycles. The van der Waals surface area contributed by atoms with Gasteiger partial charge in [0.2, 0.25) is 0 Å². The van der Waals surface area contributed by atoms with Crippen LogP contribution in [0.25, 0.3) is 0 Å². The van der Waals surface area contributed by atoms with Gasteiger partial charge in [0.15, 0.2) is 5.78 Å². The minimum atomic E-state index is -0.519. The van der Waals surface area contributed by atoms with Gasteiger partial charge >= 0.3 is 0 Å². The van der Waals surface area contributed by atoms with E-state index in [9.17, 15) is 4.79 Å². The van der Waals surface area contributed by atoms with E-state index in [4.69, 9.17) is 5.73 Å². The Hall–Kier alpha value is -1.12. The molecule has 1 aliphatic rings. The first-order chi connectivity index (χ1) is 5.67. The maximum absolute atomic E-state index is 11.5. The summed E-state index contributed by atoms with van der Waals surface area (Å²) in [4.78, 5) is 15.5. The Morgan fingerprint density at radius 2 is 2.08 bits per heavy atom. The first kappa shape index (κ1) is 8.97. The van der Waals surface area contributed by atoms with Crippen LogP contribution in [-0.4, -0.2) is 11.6 Å². The minimum absolute atomic E-state index is 0.0833. The van der Waals surface area contributed by atoms with E-state index in [1.807, 2.05) is 13.8 Å². The van der Waals surface area contributed by atoms with Crippen LogP contribution in [0.2, 0.25) is 0 Å². The summed E-state index contributed by atoms with van der Waals surface area (Å²) in [5.74, 6) is 0.542. The lowest BCUT2D eigenvalue weighted by atomic mass is 9.76. The van der Waals surface area contributed by atoms with Crippen molar-refractivity contribution in [2.45, 2.75) is 26.7 Å². The van der Waals surface area contributed by atoms with E-state index in [0.29, 0.717) is 5.84 Å². The molecule has 0 aromatic carbocycles. The highest BCUT2D eigenvalue weighted by atomic mass is 16.1. The van der Waals surface area contributed by atoms with Crippen molar-refractivity contribution in [3.63, 3.8) is 0 Å². The third-order valence-corrected chi connectivity index (χ3v) is 2.61. The van der Waals surface area contributed by atoms with Gasteiger partial charge in [-0.3, -0.25) is 4.79 Å². The number of amidine groups is 1. The van der Waals surface area contributed by atoms with Gasteiger partial charge in [-0.25, -0.2) is 4.99 Å². The summed E-state index contributed by atoms with van der Waals surface area (Å²) in [7, 11) is 0. The topological polar surface area (TPSA) is 55.5 Å². The monoisotopic (exact) mass is 166 g/mol. The van der Waals surface area contributed by atoms with Crippen LogP contribution >= 0.6 is 0 Å². The molecule has 0 spiro atoms. The van der Waals surface area contributed by atoms with Crippen molar-refractivity contribution < 1.29 is 4.79 Å². The molecule has 1 heterocycles. The molecule has 12 heavy (non-hydrogen) atoms. The molecule has 0 aromatic heterocycles. The van der Waals surface area contributed by atoms with Gasteiger partial charge in [-0.1, -0.05) is 13.8 Å². The van der Waals surface area contributed by atoms with Gasteiger partial charge in [-0.05, 0) is 12.8 Å². The summed E-state index contributed by atoms with van der Waals surface area (Å²) >= 11 is 0. The quantitative estimate of drug-likeness (QED) is 0.671. The number of ketones is 1. The highest BCUT2D eigenvalue weighted by Crippen LogP contribution is 2.30. The number of hydrogen-bond donors (Lipinski definition) is 1. The third-order valence-electron chi connectivity index (χ3n) is 2.61. The zero-order valence-corrected chi connectivity index (χ0v) is 7.50. The lowest BCUT2D eigenvalue weighted by Gasteiger charge is -2.29.